The minimum Gasteiger partial charge on any atom is -0.493 e. The molecular weight excluding hydrogens is 430 g/mol. The number of nitrogens with one attached hydrogen (secondary N) is 1. The van der Waals surface area contributed by atoms with E-state index < -0.39 is 5.91 Å². The Morgan fingerprint density at radius 2 is 1.53 bits per heavy atom. The summed E-state index contributed by atoms with van der Waals surface area (Å²) in [4.78, 5) is 25.5. The zero-order valence-corrected chi connectivity index (χ0v) is 18.6. The third-order valence-corrected chi connectivity index (χ3v) is 4.87. The molecule has 0 aliphatic carbocycles. The number of methoxy groups -OCH3 is 3. The van der Waals surface area contributed by atoms with Gasteiger partial charge in [-0.3, -0.25) is 9.59 Å². The van der Waals surface area contributed by atoms with E-state index in [1.807, 2.05) is 6.07 Å². The van der Waals surface area contributed by atoms with E-state index >= 15 is 0 Å². The standard InChI is InChI=1S/C25H22ClNO5/c1-30-21-13-16(14-22(31-2)25(21)32-3)9-12-23(28)27-20-11-10-18(26)15-19(20)24(29)17-7-5-4-6-8-17/h4-15H,1-3H3,(H,27,28). The number of carbonyl (C=O) groups excluding carboxylic acids is 2. The molecule has 0 atom stereocenters. The molecule has 0 unspecified atom stereocenters. The minimum atomic E-state index is -0.414. The van der Waals surface area contributed by atoms with Gasteiger partial charge in [-0.25, -0.2) is 0 Å². The normalized spacial score (nSPS) is 10.6. The van der Waals surface area contributed by atoms with Gasteiger partial charge in [0.1, 0.15) is 0 Å². The summed E-state index contributed by atoms with van der Waals surface area (Å²) >= 11 is 6.10. The second-order valence-electron chi connectivity index (χ2n) is 6.67. The Morgan fingerprint density at radius 1 is 0.875 bits per heavy atom. The van der Waals surface area contributed by atoms with Crippen molar-refractivity contribution in [3.8, 4) is 17.2 Å². The van der Waals surface area contributed by atoms with Crippen molar-refractivity contribution in [1.29, 1.82) is 0 Å². The molecular formula is C25H22ClNO5. The van der Waals surface area contributed by atoms with Crippen LogP contribution in [0, 0.1) is 0 Å². The molecule has 3 aromatic rings. The summed E-state index contributed by atoms with van der Waals surface area (Å²) in [5.41, 5.74) is 1.84. The maximum atomic E-state index is 12.9. The molecule has 7 heteroatoms. The van der Waals surface area contributed by atoms with Crippen molar-refractivity contribution in [2.75, 3.05) is 26.6 Å². The summed E-state index contributed by atoms with van der Waals surface area (Å²) < 4.78 is 16.0. The second kappa shape index (κ2) is 10.5. The molecule has 0 bridgehead atoms. The molecule has 0 spiro atoms. The molecule has 164 valence electrons. The first-order valence-corrected chi connectivity index (χ1v) is 10.0. The van der Waals surface area contributed by atoms with Crippen LogP contribution >= 0.6 is 11.6 Å². The van der Waals surface area contributed by atoms with Crippen molar-refractivity contribution in [3.63, 3.8) is 0 Å². The maximum absolute atomic E-state index is 12.9. The molecule has 0 aliphatic heterocycles. The monoisotopic (exact) mass is 451 g/mol. The molecule has 0 fully saturated rings. The largest absolute Gasteiger partial charge is 0.493 e. The van der Waals surface area contributed by atoms with Gasteiger partial charge in [0.15, 0.2) is 17.3 Å². The molecule has 1 amide bonds. The van der Waals surface area contributed by atoms with Gasteiger partial charge in [-0.15, -0.1) is 0 Å². The lowest BCUT2D eigenvalue weighted by Gasteiger charge is -2.13. The minimum absolute atomic E-state index is 0.239. The Hall–Kier alpha value is -3.77. The first-order chi connectivity index (χ1) is 15.5. The summed E-state index contributed by atoms with van der Waals surface area (Å²) in [7, 11) is 4.55. The van der Waals surface area contributed by atoms with Gasteiger partial charge >= 0.3 is 0 Å². The average Bonchev–Trinajstić information content (AvgIpc) is 2.83. The van der Waals surface area contributed by atoms with E-state index in [1.54, 1.807) is 54.6 Å². The van der Waals surface area contributed by atoms with Crippen LogP contribution in [-0.4, -0.2) is 33.0 Å². The van der Waals surface area contributed by atoms with E-state index in [4.69, 9.17) is 25.8 Å². The number of ether oxygens (including phenoxy) is 3. The Morgan fingerprint density at radius 3 is 2.12 bits per heavy atom. The summed E-state index contributed by atoms with van der Waals surface area (Å²) in [5, 5.41) is 3.14. The summed E-state index contributed by atoms with van der Waals surface area (Å²) in [6, 6.07) is 17.0. The molecule has 3 aromatic carbocycles. The van der Waals surface area contributed by atoms with Crippen LogP contribution in [0.5, 0.6) is 17.2 Å². The summed E-state index contributed by atoms with van der Waals surface area (Å²) in [6.45, 7) is 0. The first kappa shape index (κ1) is 22.9. The topological polar surface area (TPSA) is 73.9 Å². The molecule has 0 aromatic heterocycles. The average molecular weight is 452 g/mol. The third kappa shape index (κ3) is 5.28. The van der Waals surface area contributed by atoms with Crippen LogP contribution in [0.25, 0.3) is 6.08 Å². The van der Waals surface area contributed by atoms with Gasteiger partial charge in [0.2, 0.25) is 11.7 Å². The number of ketones is 1. The van der Waals surface area contributed by atoms with Gasteiger partial charge in [0.05, 0.1) is 27.0 Å². The number of benzene rings is 3. The van der Waals surface area contributed by atoms with Crippen molar-refractivity contribution < 1.29 is 23.8 Å². The smallest absolute Gasteiger partial charge is 0.248 e. The predicted molar refractivity (Wildman–Crippen MR) is 125 cm³/mol. The Kier molecular flexibility index (Phi) is 7.52. The van der Waals surface area contributed by atoms with Crippen molar-refractivity contribution >= 4 is 35.1 Å². The summed E-state index contributed by atoms with van der Waals surface area (Å²) in [6.07, 6.45) is 2.96. The van der Waals surface area contributed by atoms with Gasteiger partial charge in [-0.1, -0.05) is 41.9 Å². The molecule has 0 radical (unpaired) electrons. The van der Waals surface area contributed by atoms with E-state index in [0.717, 1.165) is 0 Å². The number of rotatable bonds is 8. The highest BCUT2D eigenvalue weighted by molar-refractivity contribution is 6.31. The van der Waals surface area contributed by atoms with Crippen LogP contribution in [0.15, 0.2) is 66.7 Å². The SMILES string of the molecule is COc1cc(C=CC(=O)Nc2ccc(Cl)cc2C(=O)c2ccccc2)cc(OC)c1OC. The zero-order chi connectivity index (χ0) is 23.1. The lowest BCUT2D eigenvalue weighted by atomic mass is 10.0. The van der Waals surface area contributed by atoms with Crippen LogP contribution in [0.1, 0.15) is 21.5 Å². The van der Waals surface area contributed by atoms with E-state index in [1.165, 1.54) is 33.5 Å². The van der Waals surface area contributed by atoms with Crippen LogP contribution < -0.4 is 19.5 Å². The molecule has 32 heavy (non-hydrogen) atoms. The van der Waals surface area contributed by atoms with Crippen LogP contribution in [-0.2, 0) is 4.79 Å². The molecule has 1 N–H and O–H groups in total. The van der Waals surface area contributed by atoms with E-state index in [0.29, 0.717) is 44.6 Å². The molecule has 6 nitrogen and oxygen atoms in total. The van der Waals surface area contributed by atoms with Crippen LogP contribution in [0.3, 0.4) is 0 Å². The lowest BCUT2D eigenvalue weighted by molar-refractivity contribution is -0.111. The third-order valence-electron chi connectivity index (χ3n) is 4.63. The molecule has 0 saturated carbocycles. The van der Waals surface area contributed by atoms with Crippen molar-refractivity contribution in [2.24, 2.45) is 0 Å². The quantitative estimate of drug-likeness (QED) is 0.374. The molecule has 0 heterocycles. The number of carbonyl (C=O) groups is 2. The zero-order valence-electron chi connectivity index (χ0n) is 17.8. The lowest BCUT2D eigenvalue weighted by Crippen LogP contribution is -2.12. The highest BCUT2D eigenvalue weighted by Gasteiger charge is 2.16. The van der Waals surface area contributed by atoms with Crippen molar-refractivity contribution in [3.05, 3.63) is 88.5 Å². The van der Waals surface area contributed by atoms with Gasteiger partial charge in [-0.05, 0) is 42.0 Å². The Balaban J connectivity index is 1.84. The van der Waals surface area contributed by atoms with Crippen molar-refractivity contribution in [2.45, 2.75) is 0 Å². The number of hydrogen-bond acceptors (Lipinski definition) is 5. The van der Waals surface area contributed by atoms with Crippen LogP contribution in [0.4, 0.5) is 5.69 Å². The fraction of sp³-hybridized carbons (Fsp3) is 0.120. The fourth-order valence-corrected chi connectivity index (χ4v) is 3.27. The fourth-order valence-electron chi connectivity index (χ4n) is 3.10. The van der Waals surface area contributed by atoms with Gasteiger partial charge < -0.3 is 19.5 Å². The first-order valence-electron chi connectivity index (χ1n) is 9.65. The highest BCUT2D eigenvalue weighted by Crippen LogP contribution is 2.38. The second-order valence-corrected chi connectivity index (χ2v) is 7.10. The number of hydrogen-bond donors (Lipinski definition) is 1. The van der Waals surface area contributed by atoms with E-state index in [-0.39, 0.29) is 5.78 Å². The van der Waals surface area contributed by atoms with Crippen molar-refractivity contribution in [1.82, 2.24) is 0 Å². The number of amides is 1. The molecule has 0 aliphatic rings. The molecule has 3 rings (SSSR count). The predicted octanol–water partition coefficient (Wildman–Crippen LogP) is 5.25. The van der Waals surface area contributed by atoms with Gasteiger partial charge in [0.25, 0.3) is 0 Å². The summed E-state index contributed by atoms with van der Waals surface area (Å²) in [5.74, 6) is 0.753. The highest BCUT2D eigenvalue weighted by atomic mass is 35.5. The van der Waals surface area contributed by atoms with Gasteiger partial charge in [0, 0.05) is 22.2 Å². The number of anilines is 1. The maximum Gasteiger partial charge on any atom is 0.248 e. The Bertz CT molecular complexity index is 1130. The van der Waals surface area contributed by atoms with E-state index in [2.05, 4.69) is 5.32 Å². The number of halogens is 1. The molecule has 0 saturated heterocycles. The van der Waals surface area contributed by atoms with Gasteiger partial charge in [-0.2, -0.15) is 0 Å². The van der Waals surface area contributed by atoms with Crippen LogP contribution in [0.2, 0.25) is 5.02 Å². The Labute approximate surface area is 191 Å². The van der Waals surface area contributed by atoms with E-state index in [9.17, 15) is 9.59 Å².